The molecule has 8 rings (SSSR count). The smallest absolute Gasteiger partial charge is 0.309 e. The van der Waals surface area contributed by atoms with Gasteiger partial charge in [0.05, 0.1) is 30.2 Å². The first-order valence-electron chi connectivity index (χ1n) is 17.7. The highest BCUT2D eigenvalue weighted by Crippen LogP contribution is 2.49. The number of rotatable bonds is 10. The summed E-state index contributed by atoms with van der Waals surface area (Å²) < 4.78 is 11.9. The van der Waals surface area contributed by atoms with Gasteiger partial charge in [-0.1, -0.05) is 71.7 Å². The molecule has 2 aliphatic carbocycles. The molecule has 3 N–H and O–H groups in total. The van der Waals surface area contributed by atoms with Crippen molar-refractivity contribution in [1.29, 1.82) is 0 Å². The molecule has 0 radical (unpaired) electrons. The number of methoxy groups -OCH3 is 2. The summed E-state index contributed by atoms with van der Waals surface area (Å²) in [7, 11) is 3.40. The van der Waals surface area contributed by atoms with Gasteiger partial charge in [-0.3, -0.25) is 14.5 Å². The Labute approximate surface area is 308 Å². The molecule has 8 nitrogen and oxygen atoms in total. The topological polar surface area (TPSA) is 100 Å². The van der Waals surface area contributed by atoms with Crippen LogP contribution in [0.5, 0.6) is 11.5 Å². The molecule has 0 bridgehead atoms. The Bertz CT molecular complexity index is 2040. The van der Waals surface area contributed by atoms with Gasteiger partial charge in [-0.15, -0.1) is 0 Å². The van der Waals surface area contributed by atoms with Crippen molar-refractivity contribution in [2.75, 3.05) is 33.9 Å². The van der Waals surface area contributed by atoms with Crippen LogP contribution in [0.4, 0.5) is 0 Å². The van der Waals surface area contributed by atoms with Crippen LogP contribution in [0.15, 0.2) is 60.7 Å². The summed E-state index contributed by atoms with van der Waals surface area (Å²) in [5.41, 5.74) is 10.2. The van der Waals surface area contributed by atoms with Gasteiger partial charge in [0.15, 0.2) is 0 Å². The molecule has 4 aliphatic rings. The normalized spacial score (nSPS) is 21.3. The van der Waals surface area contributed by atoms with Crippen molar-refractivity contribution in [3.05, 3.63) is 93.0 Å². The highest BCUT2D eigenvalue weighted by molar-refractivity contribution is 6.39. The summed E-state index contributed by atoms with van der Waals surface area (Å²) in [5.74, 6) is 0.733. The van der Waals surface area contributed by atoms with Crippen molar-refractivity contribution in [2.45, 2.75) is 56.7 Å². The molecular formula is C41H41Cl2N3O5. The van der Waals surface area contributed by atoms with E-state index in [1.807, 2.05) is 36.4 Å². The zero-order valence-corrected chi connectivity index (χ0v) is 30.2. The second-order valence-electron chi connectivity index (χ2n) is 14.2. The van der Waals surface area contributed by atoms with E-state index in [1.54, 1.807) is 14.2 Å². The van der Waals surface area contributed by atoms with Gasteiger partial charge in [0.2, 0.25) is 5.91 Å². The van der Waals surface area contributed by atoms with E-state index in [0.29, 0.717) is 29.6 Å². The Hall–Kier alpha value is -4.08. The number of nitrogens with zero attached hydrogens (tertiary/aromatic N) is 1. The Morgan fingerprint density at radius 1 is 0.824 bits per heavy atom. The molecule has 1 amide bonds. The molecule has 0 saturated carbocycles. The number of fused-ring (bicyclic) bond motifs is 2. The number of aliphatic carboxylic acids is 1. The van der Waals surface area contributed by atoms with Crippen LogP contribution in [0.1, 0.15) is 60.0 Å². The van der Waals surface area contributed by atoms with E-state index in [1.165, 1.54) is 16.7 Å². The van der Waals surface area contributed by atoms with Crippen LogP contribution in [0.3, 0.4) is 0 Å². The lowest BCUT2D eigenvalue weighted by atomic mass is 9.92. The molecule has 2 saturated heterocycles. The van der Waals surface area contributed by atoms with Gasteiger partial charge in [-0.05, 0) is 66.5 Å². The molecular weight excluding hydrogens is 685 g/mol. The number of hydrogen-bond acceptors (Lipinski definition) is 6. The molecule has 2 fully saturated rings. The Kier molecular flexibility index (Phi) is 9.21. The molecule has 3 atom stereocenters. The van der Waals surface area contributed by atoms with Gasteiger partial charge in [0.25, 0.3) is 0 Å². The van der Waals surface area contributed by atoms with Crippen LogP contribution in [0, 0.1) is 5.92 Å². The molecule has 10 heteroatoms. The SMILES string of the molecule is COc1cc(-c2cccc(-c3cccc(-c4cc5c(c(OC)c4)[C@@H](NC[C@@H]4CCC(=O)N4)CC5)c3Cl)c2Cl)cc2c1C(N1CC(C(=O)O)C1)CC2. The van der Waals surface area contributed by atoms with Crippen LogP contribution >= 0.6 is 23.2 Å². The summed E-state index contributed by atoms with van der Waals surface area (Å²) in [4.78, 5) is 25.4. The fourth-order valence-corrected chi connectivity index (χ4v) is 9.29. The first kappa shape index (κ1) is 34.0. The van der Waals surface area contributed by atoms with Crippen LogP contribution in [0.25, 0.3) is 33.4 Å². The lowest BCUT2D eigenvalue weighted by Gasteiger charge is -2.41. The van der Waals surface area contributed by atoms with Gasteiger partial charge in [0.1, 0.15) is 11.5 Å². The van der Waals surface area contributed by atoms with Crippen LogP contribution in [-0.4, -0.2) is 61.8 Å². The van der Waals surface area contributed by atoms with E-state index >= 15 is 0 Å². The maximum atomic E-state index is 11.7. The van der Waals surface area contributed by atoms with Gasteiger partial charge in [-0.2, -0.15) is 0 Å². The minimum atomic E-state index is -0.728. The monoisotopic (exact) mass is 725 g/mol. The molecule has 2 heterocycles. The largest absolute Gasteiger partial charge is 0.496 e. The number of likely N-dealkylation sites (tertiary alicyclic amines) is 1. The number of nitrogens with one attached hydrogen (secondary N) is 2. The number of hydrogen-bond donors (Lipinski definition) is 3. The molecule has 0 spiro atoms. The lowest BCUT2D eigenvalue weighted by Crippen LogP contribution is -2.51. The number of ether oxygens (including phenoxy) is 2. The zero-order valence-electron chi connectivity index (χ0n) is 28.7. The minimum Gasteiger partial charge on any atom is -0.496 e. The van der Waals surface area contributed by atoms with E-state index in [9.17, 15) is 14.7 Å². The van der Waals surface area contributed by atoms with E-state index < -0.39 is 5.97 Å². The third-order valence-corrected chi connectivity index (χ3v) is 12.1. The standard InChI is InChI=1S/C41H41Cl2N3O5/c1-50-34-17-24(15-22-9-12-32(37(22)34)44-19-27-11-14-36(47)45-27)28-5-3-7-30(39(28)42)31-8-4-6-29(40(31)43)25-16-23-10-13-33(38(23)35(18-25)51-2)46-20-26(21-46)41(48)49/h3-8,15-18,26-27,32-33,44H,9-14,19-21H2,1-2H3,(H,45,47)(H,48,49)/t27-,32-,33?/m0/s1. The van der Waals surface area contributed by atoms with E-state index in [-0.39, 0.29) is 30.0 Å². The highest BCUT2D eigenvalue weighted by Gasteiger charge is 2.41. The average Bonchev–Trinajstić information content (AvgIpc) is 3.84. The van der Waals surface area contributed by atoms with Crippen molar-refractivity contribution in [3.8, 4) is 44.9 Å². The minimum absolute atomic E-state index is 0.127. The van der Waals surface area contributed by atoms with Crippen molar-refractivity contribution in [3.63, 3.8) is 0 Å². The Balaban J connectivity index is 1.09. The predicted molar refractivity (Wildman–Crippen MR) is 200 cm³/mol. The second-order valence-corrected chi connectivity index (χ2v) is 14.9. The van der Waals surface area contributed by atoms with Crippen LogP contribution in [-0.2, 0) is 22.4 Å². The van der Waals surface area contributed by atoms with E-state index in [0.717, 1.165) is 89.1 Å². The lowest BCUT2D eigenvalue weighted by molar-refractivity contribution is -0.148. The fraction of sp³-hybridized carbons (Fsp3) is 0.366. The quantitative estimate of drug-likeness (QED) is 0.153. The first-order chi connectivity index (χ1) is 24.7. The maximum absolute atomic E-state index is 11.7. The Morgan fingerprint density at radius 2 is 1.39 bits per heavy atom. The summed E-state index contributed by atoms with van der Waals surface area (Å²) in [5, 5.41) is 17.4. The molecule has 51 heavy (non-hydrogen) atoms. The number of benzene rings is 4. The molecule has 0 aromatic heterocycles. The zero-order chi connectivity index (χ0) is 35.4. The second kappa shape index (κ2) is 13.8. The summed E-state index contributed by atoms with van der Waals surface area (Å²) >= 11 is 14.5. The van der Waals surface area contributed by atoms with Crippen molar-refractivity contribution in [2.24, 2.45) is 5.92 Å². The van der Waals surface area contributed by atoms with E-state index in [4.69, 9.17) is 32.7 Å². The van der Waals surface area contributed by atoms with Gasteiger partial charge >= 0.3 is 5.97 Å². The molecule has 2 aliphatic heterocycles. The molecule has 4 aromatic carbocycles. The van der Waals surface area contributed by atoms with Crippen LogP contribution in [0.2, 0.25) is 10.0 Å². The third kappa shape index (κ3) is 6.16. The molecule has 264 valence electrons. The number of halogens is 2. The van der Waals surface area contributed by atoms with Gasteiger partial charge in [-0.25, -0.2) is 0 Å². The van der Waals surface area contributed by atoms with Crippen molar-refractivity contribution < 1.29 is 24.2 Å². The van der Waals surface area contributed by atoms with E-state index in [2.05, 4.69) is 39.8 Å². The highest BCUT2D eigenvalue weighted by atomic mass is 35.5. The number of carbonyl (C=O) groups excluding carboxylic acids is 1. The number of aryl methyl sites for hydroxylation is 2. The third-order valence-electron chi connectivity index (χ3n) is 11.3. The van der Waals surface area contributed by atoms with Crippen LogP contribution < -0.4 is 20.1 Å². The maximum Gasteiger partial charge on any atom is 0.309 e. The first-order valence-corrected chi connectivity index (χ1v) is 18.5. The molecule has 4 aromatic rings. The average molecular weight is 727 g/mol. The van der Waals surface area contributed by atoms with Gasteiger partial charge in [0, 0.05) is 77.6 Å². The Morgan fingerprint density at radius 3 is 1.96 bits per heavy atom. The van der Waals surface area contributed by atoms with Gasteiger partial charge < -0.3 is 25.2 Å². The number of carboxylic acid groups (broad SMARTS) is 1. The molecule has 1 unspecified atom stereocenters. The number of carboxylic acids is 1. The number of carbonyl (C=O) groups is 2. The summed E-state index contributed by atoms with van der Waals surface area (Å²) in [6.45, 7) is 1.87. The number of amides is 1. The fourth-order valence-electron chi connectivity index (χ4n) is 8.62. The summed E-state index contributed by atoms with van der Waals surface area (Å²) in [6.07, 6.45) is 5.17. The summed E-state index contributed by atoms with van der Waals surface area (Å²) in [6, 6.07) is 21.2. The van der Waals surface area contributed by atoms with Crippen molar-refractivity contribution >= 4 is 35.1 Å². The van der Waals surface area contributed by atoms with Crippen molar-refractivity contribution in [1.82, 2.24) is 15.5 Å². The predicted octanol–water partition coefficient (Wildman–Crippen LogP) is 7.87.